The normalized spacial score (nSPS) is 8.45. The van der Waals surface area contributed by atoms with Crippen LogP contribution in [0.15, 0.2) is 18.3 Å². The van der Waals surface area contributed by atoms with Crippen LogP contribution in [-0.2, 0) is 0 Å². The van der Waals surface area contributed by atoms with Crippen LogP contribution in [0.4, 0.5) is 0 Å². The first-order valence-corrected chi connectivity index (χ1v) is 2.86. The third-order valence-corrected chi connectivity index (χ3v) is 1.24. The Kier molecular flexibility index (Phi) is 5.12. The zero-order valence-electron chi connectivity index (χ0n) is 5.53. The number of aromatic nitrogens is 1. The van der Waals surface area contributed by atoms with E-state index in [9.17, 15) is 4.79 Å². The number of carbonyl (C=O) groups is 1. The fourth-order valence-corrected chi connectivity index (χ4v) is 0.710. The number of hydrogen-bond acceptors (Lipinski definition) is 2. The molecule has 0 aliphatic rings. The molecule has 11 heavy (non-hydrogen) atoms. The van der Waals surface area contributed by atoms with Gasteiger partial charge in [0.1, 0.15) is 0 Å². The van der Waals surface area contributed by atoms with Crippen LogP contribution < -0.4 is 0 Å². The molecular formula is C7H8KNO2. The number of pyridine rings is 1. The second kappa shape index (κ2) is 5.00. The summed E-state index contributed by atoms with van der Waals surface area (Å²) in [6.07, 6.45) is 1.57. The van der Waals surface area contributed by atoms with Gasteiger partial charge < -0.3 is 5.11 Å². The van der Waals surface area contributed by atoms with E-state index in [1.165, 1.54) is 6.07 Å². The quantitative estimate of drug-likeness (QED) is 0.633. The SMILES string of the molecule is Cc1ncccc1C(=O)O.[KH]. The Hall–Kier alpha value is 0.256. The van der Waals surface area contributed by atoms with E-state index in [0.29, 0.717) is 5.69 Å². The molecule has 1 rings (SSSR count). The molecule has 0 unspecified atom stereocenters. The molecule has 0 atom stereocenters. The molecule has 1 aromatic heterocycles. The molecule has 0 fully saturated rings. The maximum atomic E-state index is 10.4. The number of carboxylic acid groups (broad SMARTS) is 1. The fraction of sp³-hybridized carbons (Fsp3) is 0.143. The molecule has 1 heterocycles. The zero-order chi connectivity index (χ0) is 7.56. The third-order valence-electron chi connectivity index (χ3n) is 1.24. The third kappa shape index (κ3) is 3.00. The average molecular weight is 177 g/mol. The van der Waals surface area contributed by atoms with Crippen LogP contribution in [0.2, 0.25) is 0 Å². The molecule has 3 nitrogen and oxygen atoms in total. The second-order valence-corrected chi connectivity index (χ2v) is 1.94. The van der Waals surface area contributed by atoms with Crippen LogP contribution in [-0.4, -0.2) is 67.4 Å². The van der Waals surface area contributed by atoms with Crippen LogP contribution in [0.5, 0.6) is 0 Å². The molecule has 1 N–H and O–H groups in total. The van der Waals surface area contributed by atoms with E-state index in [2.05, 4.69) is 4.98 Å². The molecule has 0 aliphatic heterocycles. The molecule has 0 radical (unpaired) electrons. The number of hydrogen-bond donors (Lipinski definition) is 1. The molecule has 0 bridgehead atoms. The van der Waals surface area contributed by atoms with Crippen molar-refractivity contribution in [1.29, 1.82) is 0 Å². The molecule has 0 saturated heterocycles. The Morgan fingerprint density at radius 1 is 1.64 bits per heavy atom. The van der Waals surface area contributed by atoms with Crippen molar-refractivity contribution in [2.75, 3.05) is 0 Å². The Morgan fingerprint density at radius 3 is 2.64 bits per heavy atom. The van der Waals surface area contributed by atoms with Gasteiger partial charge in [-0.1, -0.05) is 0 Å². The van der Waals surface area contributed by atoms with Crippen molar-refractivity contribution in [1.82, 2.24) is 4.98 Å². The summed E-state index contributed by atoms with van der Waals surface area (Å²) in [7, 11) is 0. The Balaban J connectivity index is 0.000001000. The van der Waals surface area contributed by atoms with Crippen molar-refractivity contribution in [2.24, 2.45) is 0 Å². The Morgan fingerprint density at radius 2 is 2.27 bits per heavy atom. The molecule has 0 aromatic carbocycles. The fourth-order valence-electron chi connectivity index (χ4n) is 0.710. The molecular weight excluding hydrogens is 169 g/mol. The molecule has 0 saturated carbocycles. The summed E-state index contributed by atoms with van der Waals surface area (Å²) < 4.78 is 0. The van der Waals surface area contributed by atoms with Gasteiger partial charge in [0.25, 0.3) is 0 Å². The van der Waals surface area contributed by atoms with Gasteiger partial charge in [-0.05, 0) is 19.1 Å². The predicted octanol–water partition coefficient (Wildman–Crippen LogP) is 0.440. The van der Waals surface area contributed by atoms with Gasteiger partial charge in [-0.3, -0.25) is 4.98 Å². The summed E-state index contributed by atoms with van der Waals surface area (Å²) in [5.74, 6) is -0.925. The molecule has 54 valence electrons. The van der Waals surface area contributed by atoms with Crippen LogP contribution in [0, 0.1) is 6.92 Å². The van der Waals surface area contributed by atoms with Crippen LogP contribution >= 0.6 is 0 Å². The number of nitrogens with zero attached hydrogens (tertiary/aromatic N) is 1. The van der Waals surface area contributed by atoms with E-state index in [0.717, 1.165) is 0 Å². The first kappa shape index (κ1) is 11.3. The molecule has 0 spiro atoms. The summed E-state index contributed by atoms with van der Waals surface area (Å²) in [5.41, 5.74) is 0.817. The van der Waals surface area contributed by atoms with E-state index in [4.69, 9.17) is 5.11 Å². The van der Waals surface area contributed by atoms with Crippen molar-refractivity contribution in [3.05, 3.63) is 29.6 Å². The molecule has 1 aromatic rings. The Bertz CT molecular complexity index is 262. The van der Waals surface area contributed by atoms with E-state index >= 15 is 0 Å². The second-order valence-electron chi connectivity index (χ2n) is 1.94. The van der Waals surface area contributed by atoms with E-state index in [1.807, 2.05) is 0 Å². The van der Waals surface area contributed by atoms with E-state index in [1.54, 1.807) is 19.2 Å². The van der Waals surface area contributed by atoms with E-state index in [-0.39, 0.29) is 56.9 Å². The molecule has 0 amide bonds. The average Bonchev–Trinajstić information content (AvgIpc) is 1.88. The summed E-state index contributed by atoms with van der Waals surface area (Å²) in [6.45, 7) is 1.67. The van der Waals surface area contributed by atoms with Crippen molar-refractivity contribution >= 4 is 57.4 Å². The van der Waals surface area contributed by atoms with Crippen molar-refractivity contribution in [3.8, 4) is 0 Å². The van der Waals surface area contributed by atoms with Crippen LogP contribution in [0.3, 0.4) is 0 Å². The predicted molar refractivity (Wildman–Crippen MR) is 43.1 cm³/mol. The zero-order valence-corrected chi connectivity index (χ0v) is 5.53. The summed E-state index contributed by atoms with van der Waals surface area (Å²) in [6, 6.07) is 3.14. The van der Waals surface area contributed by atoms with Gasteiger partial charge in [-0.15, -0.1) is 0 Å². The van der Waals surface area contributed by atoms with Gasteiger partial charge in [-0.25, -0.2) is 4.79 Å². The minimum atomic E-state index is -0.925. The van der Waals surface area contributed by atoms with Gasteiger partial charge >= 0.3 is 57.4 Å². The van der Waals surface area contributed by atoms with Gasteiger partial charge in [-0.2, -0.15) is 0 Å². The standard InChI is InChI=1S/C7H7NO2.K.H/c1-5-6(7(9)10)3-2-4-8-5;;/h2-4H,1H3,(H,9,10);;. The monoisotopic (exact) mass is 177 g/mol. The van der Waals surface area contributed by atoms with Crippen molar-refractivity contribution in [3.63, 3.8) is 0 Å². The topological polar surface area (TPSA) is 50.2 Å². The van der Waals surface area contributed by atoms with Crippen molar-refractivity contribution < 1.29 is 9.90 Å². The molecule has 0 aliphatic carbocycles. The number of rotatable bonds is 1. The van der Waals surface area contributed by atoms with Gasteiger partial charge in [0.2, 0.25) is 0 Å². The Labute approximate surface area is 107 Å². The molecule has 4 heteroatoms. The summed E-state index contributed by atoms with van der Waals surface area (Å²) in [4.78, 5) is 14.2. The van der Waals surface area contributed by atoms with Crippen LogP contribution in [0.1, 0.15) is 16.1 Å². The number of carboxylic acids is 1. The van der Waals surface area contributed by atoms with Gasteiger partial charge in [0, 0.05) is 6.20 Å². The summed E-state index contributed by atoms with van der Waals surface area (Å²) in [5, 5.41) is 8.53. The summed E-state index contributed by atoms with van der Waals surface area (Å²) >= 11 is 0. The maximum absolute atomic E-state index is 10.4. The number of aromatic carboxylic acids is 1. The van der Waals surface area contributed by atoms with Gasteiger partial charge in [0.05, 0.1) is 11.3 Å². The number of aryl methyl sites for hydroxylation is 1. The first-order valence-electron chi connectivity index (χ1n) is 2.86. The van der Waals surface area contributed by atoms with Crippen LogP contribution in [0.25, 0.3) is 0 Å². The minimum absolute atomic E-state index is 0. The van der Waals surface area contributed by atoms with Gasteiger partial charge in [0.15, 0.2) is 0 Å². The van der Waals surface area contributed by atoms with E-state index < -0.39 is 5.97 Å². The first-order chi connectivity index (χ1) is 4.72. The van der Waals surface area contributed by atoms with Crippen molar-refractivity contribution in [2.45, 2.75) is 6.92 Å².